The summed E-state index contributed by atoms with van der Waals surface area (Å²) in [7, 11) is -4.02. The molecule has 1 aromatic rings. The molecule has 0 bridgehead atoms. The van der Waals surface area contributed by atoms with Crippen LogP contribution >= 0.6 is 0 Å². The van der Waals surface area contributed by atoms with Crippen LogP contribution in [-0.2, 0) is 20.1 Å². The monoisotopic (exact) mass is 385 g/mol. The zero-order valence-electron chi connectivity index (χ0n) is 16.2. The predicted molar refractivity (Wildman–Crippen MR) is 98.5 cm³/mol. The standard InChI is InChI=1S/C11H21N2O2.C7H8O3S/c1-8(14)12-9-6-10(2,3)13(15)11(4,5)7-9;1-6-2-4-7(5-3-6)11(8,9)10/h9H,6-7H2,1-5H3,(H,12,14);2-5H,1H3,(H,8,9,10). The van der Waals surface area contributed by atoms with E-state index in [4.69, 9.17) is 4.55 Å². The molecule has 2 N–H and O–H groups in total. The fourth-order valence-corrected chi connectivity index (χ4v) is 3.84. The van der Waals surface area contributed by atoms with Crippen LogP contribution in [-0.4, -0.2) is 41.1 Å². The van der Waals surface area contributed by atoms with E-state index in [-0.39, 0.29) is 16.8 Å². The minimum absolute atomic E-state index is 0.0223. The van der Waals surface area contributed by atoms with Crippen LogP contribution in [0.5, 0.6) is 0 Å². The van der Waals surface area contributed by atoms with Crippen molar-refractivity contribution in [3.63, 3.8) is 0 Å². The molecular formula is C18H29N2O5S. The highest BCUT2D eigenvalue weighted by Crippen LogP contribution is 2.36. The summed E-state index contributed by atoms with van der Waals surface area (Å²) in [5.41, 5.74) is 0.140. The first-order chi connectivity index (χ1) is 11.6. The Hall–Kier alpha value is -1.48. The molecule has 0 aromatic heterocycles. The number of amides is 1. The minimum Gasteiger partial charge on any atom is -0.353 e. The normalized spacial score (nSPS) is 20.0. The van der Waals surface area contributed by atoms with Crippen LogP contribution in [0.1, 0.15) is 53.0 Å². The van der Waals surface area contributed by atoms with Crippen molar-refractivity contribution in [3.8, 4) is 0 Å². The van der Waals surface area contributed by atoms with Gasteiger partial charge in [0.05, 0.1) is 4.90 Å². The van der Waals surface area contributed by atoms with E-state index in [1.54, 1.807) is 12.1 Å². The second-order valence-corrected chi connectivity index (χ2v) is 9.43. The molecule has 7 nitrogen and oxygen atoms in total. The van der Waals surface area contributed by atoms with Crippen molar-refractivity contribution in [1.82, 2.24) is 10.4 Å². The average molecular weight is 386 g/mol. The number of hydrogen-bond donors (Lipinski definition) is 2. The van der Waals surface area contributed by atoms with Crippen molar-refractivity contribution < 1.29 is 23.0 Å². The van der Waals surface area contributed by atoms with Crippen LogP contribution in [0.15, 0.2) is 29.2 Å². The third kappa shape index (κ3) is 6.35. The van der Waals surface area contributed by atoms with Gasteiger partial charge < -0.3 is 5.32 Å². The Labute approximate surface area is 156 Å². The highest BCUT2D eigenvalue weighted by Gasteiger charge is 2.46. The van der Waals surface area contributed by atoms with Gasteiger partial charge in [-0.3, -0.25) is 9.35 Å². The van der Waals surface area contributed by atoms with Gasteiger partial charge in [0.2, 0.25) is 5.91 Å². The first-order valence-electron chi connectivity index (χ1n) is 8.44. The SMILES string of the molecule is CC(=O)NC1CC(C)(C)N([O])C(C)(C)C1.Cc1ccc(S(=O)(=O)O)cc1. The number of benzene rings is 1. The molecule has 0 spiro atoms. The lowest BCUT2D eigenvalue weighted by Gasteiger charge is -2.49. The Morgan fingerprint density at radius 1 is 1.12 bits per heavy atom. The maximum atomic E-state index is 12.0. The van der Waals surface area contributed by atoms with Gasteiger partial charge in [0.25, 0.3) is 10.1 Å². The molecule has 0 aliphatic carbocycles. The van der Waals surface area contributed by atoms with E-state index in [1.165, 1.54) is 19.1 Å². The molecule has 8 heteroatoms. The Balaban J connectivity index is 0.000000273. The fourth-order valence-electron chi connectivity index (χ4n) is 3.36. The van der Waals surface area contributed by atoms with Gasteiger partial charge in [-0.2, -0.15) is 8.42 Å². The van der Waals surface area contributed by atoms with Crippen molar-refractivity contribution in [1.29, 1.82) is 0 Å². The number of carbonyl (C=O) groups excluding carboxylic acids is 1. The molecule has 0 unspecified atom stereocenters. The predicted octanol–water partition coefficient (Wildman–Crippen LogP) is 2.73. The summed E-state index contributed by atoms with van der Waals surface area (Å²) in [5.74, 6) is -0.0223. The second kappa shape index (κ2) is 8.04. The summed E-state index contributed by atoms with van der Waals surface area (Å²) in [6.07, 6.45) is 1.42. The first kappa shape index (κ1) is 22.6. The van der Waals surface area contributed by atoms with Gasteiger partial charge in [-0.05, 0) is 59.6 Å². The molecule has 0 atom stereocenters. The topological polar surface area (TPSA) is 107 Å². The smallest absolute Gasteiger partial charge is 0.294 e. The number of nitrogens with zero attached hydrogens (tertiary/aromatic N) is 1. The van der Waals surface area contributed by atoms with E-state index in [2.05, 4.69) is 5.32 Å². The van der Waals surface area contributed by atoms with Crippen LogP contribution in [0.25, 0.3) is 0 Å². The number of nitrogens with one attached hydrogen (secondary N) is 1. The van der Waals surface area contributed by atoms with E-state index in [0.29, 0.717) is 12.8 Å². The Morgan fingerprint density at radius 2 is 1.54 bits per heavy atom. The molecule has 1 aliphatic heterocycles. The molecule has 1 aromatic carbocycles. The molecule has 1 radical (unpaired) electrons. The fraction of sp³-hybridized carbons (Fsp3) is 0.611. The van der Waals surface area contributed by atoms with E-state index >= 15 is 0 Å². The van der Waals surface area contributed by atoms with Gasteiger partial charge in [0.1, 0.15) is 0 Å². The van der Waals surface area contributed by atoms with Crippen molar-refractivity contribution in [3.05, 3.63) is 29.8 Å². The summed E-state index contributed by atoms with van der Waals surface area (Å²) >= 11 is 0. The van der Waals surface area contributed by atoms with E-state index < -0.39 is 21.2 Å². The van der Waals surface area contributed by atoms with Gasteiger partial charge in [-0.15, -0.1) is 10.3 Å². The van der Waals surface area contributed by atoms with Crippen molar-refractivity contribution >= 4 is 16.0 Å². The Bertz CT molecular complexity index is 708. The number of hydroxylamine groups is 2. The van der Waals surface area contributed by atoms with Gasteiger partial charge in [-0.25, -0.2) is 0 Å². The van der Waals surface area contributed by atoms with Gasteiger partial charge >= 0.3 is 0 Å². The molecule has 1 fully saturated rings. The van der Waals surface area contributed by atoms with Gasteiger partial charge in [0.15, 0.2) is 0 Å². The molecule has 26 heavy (non-hydrogen) atoms. The maximum absolute atomic E-state index is 12.0. The first-order valence-corrected chi connectivity index (χ1v) is 9.88. The number of piperidine rings is 1. The van der Waals surface area contributed by atoms with Crippen molar-refractivity contribution in [2.45, 2.75) is 76.4 Å². The molecule has 1 amide bonds. The molecule has 1 saturated heterocycles. The molecular weight excluding hydrogens is 356 g/mol. The molecule has 147 valence electrons. The van der Waals surface area contributed by atoms with Gasteiger partial charge in [0, 0.05) is 24.0 Å². The largest absolute Gasteiger partial charge is 0.353 e. The number of rotatable bonds is 2. The van der Waals surface area contributed by atoms with Crippen LogP contribution in [0.2, 0.25) is 0 Å². The summed E-state index contributed by atoms with van der Waals surface area (Å²) < 4.78 is 29.6. The third-order valence-electron chi connectivity index (χ3n) is 4.32. The Morgan fingerprint density at radius 3 is 1.88 bits per heavy atom. The zero-order chi connectivity index (χ0) is 20.3. The lowest BCUT2D eigenvalue weighted by Crippen LogP contribution is -2.62. The second-order valence-electron chi connectivity index (χ2n) is 8.01. The zero-order valence-corrected chi connectivity index (χ0v) is 17.1. The molecule has 2 rings (SSSR count). The highest BCUT2D eigenvalue weighted by atomic mass is 32.2. The summed E-state index contributed by atoms with van der Waals surface area (Å²) in [5, 5.41) is 16.1. The summed E-state index contributed by atoms with van der Waals surface area (Å²) in [6.45, 7) is 11.1. The van der Waals surface area contributed by atoms with Crippen LogP contribution in [0.3, 0.4) is 0 Å². The van der Waals surface area contributed by atoms with Crippen molar-refractivity contribution in [2.24, 2.45) is 0 Å². The van der Waals surface area contributed by atoms with Crippen LogP contribution in [0, 0.1) is 6.92 Å². The number of aryl methyl sites for hydroxylation is 1. The minimum atomic E-state index is -4.02. The highest BCUT2D eigenvalue weighted by molar-refractivity contribution is 7.85. The van der Waals surface area contributed by atoms with E-state index in [9.17, 15) is 18.4 Å². The lowest BCUT2D eigenvalue weighted by atomic mass is 9.79. The number of carbonyl (C=O) groups is 1. The maximum Gasteiger partial charge on any atom is 0.294 e. The lowest BCUT2D eigenvalue weighted by molar-refractivity contribution is -0.290. The van der Waals surface area contributed by atoms with Crippen molar-refractivity contribution in [2.75, 3.05) is 0 Å². The van der Waals surface area contributed by atoms with Gasteiger partial charge in [-0.1, -0.05) is 17.7 Å². The third-order valence-corrected chi connectivity index (χ3v) is 5.19. The quantitative estimate of drug-likeness (QED) is 0.761. The van der Waals surface area contributed by atoms with E-state index in [1.807, 2.05) is 34.6 Å². The summed E-state index contributed by atoms with van der Waals surface area (Å²) in [6, 6.07) is 6.10. The number of hydrogen-bond acceptors (Lipinski definition) is 4. The van der Waals surface area contributed by atoms with Crippen LogP contribution < -0.4 is 5.32 Å². The molecule has 1 aliphatic rings. The summed E-state index contributed by atoms with van der Waals surface area (Å²) in [4.78, 5) is 10.9. The van der Waals surface area contributed by atoms with E-state index in [0.717, 1.165) is 10.6 Å². The average Bonchev–Trinajstić information content (AvgIpc) is 2.43. The van der Waals surface area contributed by atoms with Crippen LogP contribution in [0.4, 0.5) is 0 Å². The Kier molecular flexibility index (Phi) is 6.98. The molecule has 0 saturated carbocycles. The molecule has 1 heterocycles.